The molecule has 0 bridgehead atoms. The van der Waals surface area contributed by atoms with Crippen molar-refractivity contribution in [3.8, 4) is 0 Å². The molecule has 3 heteroatoms. The lowest BCUT2D eigenvalue weighted by Gasteiger charge is -2.40. The van der Waals surface area contributed by atoms with Crippen LogP contribution in [0, 0.1) is 5.92 Å². The van der Waals surface area contributed by atoms with Crippen molar-refractivity contribution in [2.75, 3.05) is 19.7 Å². The van der Waals surface area contributed by atoms with E-state index in [4.69, 9.17) is 4.74 Å². The minimum absolute atomic E-state index is 0.000784. The van der Waals surface area contributed by atoms with Crippen molar-refractivity contribution in [2.45, 2.75) is 70.8 Å². The number of hydrogen-bond acceptors (Lipinski definition) is 3. The summed E-state index contributed by atoms with van der Waals surface area (Å²) in [5, 5.41) is 0. The van der Waals surface area contributed by atoms with Gasteiger partial charge in [-0.3, -0.25) is 9.69 Å². The molecule has 110 valence electrons. The molecule has 0 spiro atoms. The second-order valence-electron chi connectivity index (χ2n) is 6.46. The number of hydrogen-bond donors (Lipinski definition) is 0. The zero-order valence-corrected chi connectivity index (χ0v) is 12.6. The predicted molar refractivity (Wildman–Crippen MR) is 77.0 cm³/mol. The number of nitrogens with zero attached hydrogens (tertiary/aromatic N) is 1. The van der Waals surface area contributed by atoms with Crippen molar-refractivity contribution >= 4 is 5.97 Å². The van der Waals surface area contributed by atoms with Crippen molar-refractivity contribution in [1.82, 2.24) is 4.90 Å². The molecule has 0 aromatic heterocycles. The standard InChI is InChI=1S/C16H29NO2/c1-3-19-15(18)13-16(9-8-14(2)12-16)17-10-6-4-5-7-11-17/h14H,3-13H2,1-2H3. The number of ether oxygens (including phenoxy) is 1. The lowest BCUT2D eigenvalue weighted by molar-refractivity contribution is -0.146. The van der Waals surface area contributed by atoms with Gasteiger partial charge >= 0.3 is 5.97 Å². The van der Waals surface area contributed by atoms with Gasteiger partial charge in [0.1, 0.15) is 0 Å². The first kappa shape index (κ1) is 14.8. The summed E-state index contributed by atoms with van der Waals surface area (Å²) in [5.74, 6) is 0.749. The van der Waals surface area contributed by atoms with E-state index < -0.39 is 0 Å². The first-order valence-electron chi connectivity index (χ1n) is 8.07. The Morgan fingerprint density at radius 2 is 1.95 bits per heavy atom. The molecule has 0 N–H and O–H groups in total. The highest BCUT2D eigenvalue weighted by Crippen LogP contribution is 2.42. The average molecular weight is 267 g/mol. The van der Waals surface area contributed by atoms with Crippen LogP contribution in [0.3, 0.4) is 0 Å². The molecule has 1 heterocycles. The van der Waals surface area contributed by atoms with Crippen molar-refractivity contribution in [3.05, 3.63) is 0 Å². The van der Waals surface area contributed by atoms with E-state index in [1.54, 1.807) is 0 Å². The Balaban J connectivity index is 2.07. The highest BCUT2D eigenvalue weighted by Gasteiger charge is 2.44. The molecule has 0 amide bonds. The van der Waals surface area contributed by atoms with E-state index in [0.29, 0.717) is 13.0 Å². The van der Waals surface area contributed by atoms with E-state index in [-0.39, 0.29) is 11.5 Å². The molecule has 1 saturated carbocycles. The van der Waals surface area contributed by atoms with Crippen LogP contribution in [-0.2, 0) is 9.53 Å². The van der Waals surface area contributed by atoms with Crippen molar-refractivity contribution in [3.63, 3.8) is 0 Å². The van der Waals surface area contributed by atoms with Crippen LogP contribution in [0.1, 0.15) is 65.2 Å². The molecule has 2 aliphatic rings. The van der Waals surface area contributed by atoms with Gasteiger partial charge in [-0.1, -0.05) is 19.8 Å². The maximum Gasteiger partial charge on any atom is 0.307 e. The van der Waals surface area contributed by atoms with Gasteiger partial charge in [-0.15, -0.1) is 0 Å². The summed E-state index contributed by atoms with van der Waals surface area (Å²) in [4.78, 5) is 14.6. The summed E-state index contributed by atoms with van der Waals surface area (Å²) in [7, 11) is 0. The van der Waals surface area contributed by atoms with Crippen LogP contribution in [0.15, 0.2) is 0 Å². The largest absolute Gasteiger partial charge is 0.466 e. The molecule has 2 unspecified atom stereocenters. The van der Waals surface area contributed by atoms with Gasteiger partial charge in [0.2, 0.25) is 0 Å². The van der Waals surface area contributed by atoms with Gasteiger partial charge in [0.05, 0.1) is 13.0 Å². The highest BCUT2D eigenvalue weighted by molar-refractivity contribution is 5.71. The summed E-state index contributed by atoms with van der Waals surface area (Å²) in [6.07, 6.45) is 9.49. The van der Waals surface area contributed by atoms with Gasteiger partial charge in [-0.2, -0.15) is 0 Å². The van der Waals surface area contributed by atoms with E-state index >= 15 is 0 Å². The fourth-order valence-electron chi connectivity index (χ4n) is 3.95. The van der Waals surface area contributed by atoms with Crippen LogP contribution in [0.4, 0.5) is 0 Å². The Kier molecular flexibility index (Phi) is 5.26. The van der Waals surface area contributed by atoms with E-state index in [0.717, 1.165) is 5.92 Å². The van der Waals surface area contributed by atoms with Gasteiger partial charge in [-0.05, 0) is 58.0 Å². The fourth-order valence-corrected chi connectivity index (χ4v) is 3.95. The Morgan fingerprint density at radius 3 is 2.47 bits per heavy atom. The van der Waals surface area contributed by atoms with Crippen molar-refractivity contribution in [2.24, 2.45) is 5.92 Å². The average Bonchev–Trinajstić information content (AvgIpc) is 2.61. The van der Waals surface area contributed by atoms with Gasteiger partial charge < -0.3 is 4.74 Å². The predicted octanol–water partition coefficient (Wildman–Crippen LogP) is 3.37. The summed E-state index contributed by atoms with van der Waals surface area (Å²) in [6, 6.07) is 0. The lowest BCUT2D eigenvalue weighted by atomic mass is 9.89. The SMILES string of the molecule is CCOC(=O)CC1(N2CCCCCC2)CCC(C)C1. The van der Waals surface area contributed by atoms with E-state index in [1.165, 1.54) is 58.0 Å². The third-order valence-electron chi connectivity index (χ3n) is 4.89. The molecular weight excluding hydrogens is 238 g/mol. The highest BCUT2D eigenvalue weighted by atomic mass is 16.5. The second-order valence-corrected chi connectivity index (χ2v) is 6.46. The topological polar surface area (TPSA) is 29.5 Å². The Morgan fingerprint density at radius 1 is 1.26 bits per heavy atom. The number of carbonyl (C=O) groups is 1. The molecule has 0 aromatic carbocycles. The maximum atomic E-state index is 12.0. The number of esters is 1. The lowest BCUT2D eigenvalue weighted by Crippen LogP contribution is -2.49. The number of carbonyl (C=O) groups excluding carboxylic acids is 1. The van der Waals surface area contributed by atoms with Crippen LogP contribution in [0.5, 0.6) is 0 Å². The van der Waals surface area contributed by atoms with E-state index in [9.17, 15) is 4.79 Å². The van der Waals surface area contributed by atoms with Crippen LogP contribution in [-0.4, -0.2) is 36.1 Å². The molecule has 2 atom stereocenters. The zero-order valence-electron chi connectivity index (χ0n) is 12.6. The molecule has 1 saturated heterocycles. The molecule has 2 rings (SSSR count). The molecule has 1 aliphatic heterocycles. The quantitative estimate of drug-likeness (QED) is 0.731. The van der Waals surface area contributed by atoms with E-state index in [2.05, 4.69) is 11.8 Å². The minimum atomic E-state index is 0.000784. The Hall–Kier alpha value is -0.570. The van der Waals surface area contributed by atoms with E-state index in [1.807, 2.05) is 6.92 Å². The summed E-state index contributed by atoms with van der Waals surface area (Å²) in [6.45, 7) is 7.07. The molecule has 1 aliphatic carbocycles. The van der Waals surface area contributed by atoms with Gasteiger partial charge in [0.15, 0.2) is 0 Å². The molecule has 0 aromatic rings. The van der Waals surface area contributed by atoms with Crippen LogP contribution < -0.4 is 0 Å². The third kappa shape index (κ3) is 3.71. The maximum absolute atomic E-state index is 12.0. The Bertz CT molecular complexity index is 297. The monoisotopic (exact) mass is 267 g/mol. The summed E-state index contributed by atoms with van der Waals surface area (Å²) < 4.78 is 5.22. The van der Waals surface area contributed by atoms with Crippen molar-refractivity contribution in [1.29, 1.82) is 0 Å². The van der Waals surface area contributed by atoms with Crippen LogP contribution >= 0.6 is 0 Å². The first-order valence-corrected chi connectivity index (χ1v) is 8.07. The van der Waals surface area contributed by atoms with Gasteiger partial charge in [0, 0.05) is 5.54 Å². The van der Waals surface area contributed by atoms with Crippen LogP contribution in [0.25, 0.3) is 0 Å². The summed E-state index contributed by atoms with van der Waals surface area (Å²) in [5.41, 5.74) is 0.107. The fraction of sp³-hybridized carbons (Fsp3) is 0.938. The Labute approximate surface area is 117 Å². The molecule has 19 heavy (non-hydrogen) atoms. The molecule has 0 radical (unpaired) electrons. The minimum Gasteiger partial charge on any atom is -0.466 e. The number of rotatable bonds is 4. The smallest absolute Gasteiger partial charge is 0.307 e. The van der Waals surface area contributed by atoms with Gasteiger partial charge in [0.25, 0.3) is 0 Å². The molecular formula is C16H29NO2. The van der Waals surface area contributed by atoms with Crippen molar-refractivity contribution < 1.29 is 9.53 Å². The normalized spacial score (nSPS) is 33.1. The first-order chi connectivity index (χ1) is 9.16. The second kappa shape index (κ2) is 6.74. The third-order valence-corrected chi connectivity index (χ3v) is 4.89. The number of likely N-dealkylation sites (tertiary alicyclic amines) is 1. The molecule has 3 nitrogen and oxygen atoms in total. The zero-order chi connectivity index (χ0) is 13.7. The van der Waals surface area contributed by atoms with Crippen LogP contribution in [0.2, 0.25) is 0 Å². The van der Waals surface area contributed by atoms with Gasteiger partial charge in [-0.25, -0.2) is 0 Å². The molecule has 2 fully saturated rings. The summed E-state index contributed by atoms with van der Waals surface area (Å²) >= 11 is 0.